The first-order valence-corrected chi connectivity index (χ1v) is 8.23. The Labute approximate surface area is 159 Å². The Bertz CT molecular complexity index is 943. The fourth-order valence-electron chi connectivity index (χ4n) is 2.57. The summed E-state index contributed by atoms with van der Waals surface area (Å²) in [5, 5.41) is 24.7. The number of phenolic OH excluding ortho intramolecular Hbond substituents is 1. The number of phenols is 1. The van der Waals surface area contributed by atoms with Crippen LogP contribution in [0.5, 0.6) is 23.0 Å². The third-order valence-electron chi connectivity index (χ3n) is 3.89. The van der Waals surface area contributed by atoms with Crippen LogP contribution in [0.3, 0.4) is 0 Å². The number of carbonyl (C=O) groups excluding carboxylic acids is 1. The average Bonchev–Trinajstić information content (AvgIpc) is 2.69. The fraction of sp³-hybridized carbons (Fsp3) is 0.222. The summed E-state index contributed by atoms with van der Waals surface area (Å²) in [4.78, 5) is 22.3. The maximum Gasteiger partial charge on any atom is 0.315 e. The summed E-state index contributed by atoms with van der Waals surface area (Å²) in [6.07, 6.45) is 1.14. The van der Waals surface area contributed by atoms with Gasteiger partial charge in [-0.1, -0.05) is 6.07 Å². The number of hydrazone groups is 1. The number of amides is 1. The lowest BCUT2D eigenvalue weighted by atomic mass is 10.1. The van der Waals surface area contributed by atoms with Crippen molar-refractivity contribution in [2.75, 3.05) is 20.3 Å². The normalized spacial score (nSPS) is 12.6. The van der Waals surface area contributed by atoms with Crippen molar-refractivity contribution >= 4 is 17.8 Å². The molecule has 0 unspecified atom stereocenters. The number of nitrogens with zero attached hydrogens (tertiary/aromatic N) is 2. The van der Waals surface area contributed by atoms with Gasteiger partial charge in [0.25, 0.3) is 0 Å². The molecule has 3 rings (SSSR count). The van der Waals surface area contributed by atoms with Gasteiger partial charge in [-0.3, -0.25) is 14.9 Å². The van der Waals surface area contributed by atoms with E-state index in [0.29, 0.717) is 30.3 Å². The van der Waals surface area contributed by atoms with E-state index in [1.165, 1.54) is 13.2 Å². The second-order valence-corrected chi connectivity index (χ2v) is 5.79. The minimum atomic E-state index is -0.740. The Hall–Kier alpha value is -3.82. The third-order valence-corrected chi connectivity index (χ3v) is 3.89. The molecule has 2 aromatic rings. The molecule has 1 aliphatic heterocycles. The first kappa shape index (κ1) is 19.0. The van der Waals surface area contributed by atoms with Crippen LogP contribution in [0, 0.1) is 10.1 Å². The highest BCUT2D eigenvalue weighted by atomic mass is 16.6. The molecular formula is C18H17N3O7. The molecule has 0 radical (unpaired) electrons. The molecule has 0 bridgehead atoms. The molecule has 0 aromatic heterocycles. The summed E-state index contributed by atoms with van der Waals surface area (Å²) >= 11 is 0. The van der Waals surface area contributed by atoms with Gasteiger partial charge in [-0.05, 0) is 23.8 Å². The summed E-state index contributed by atoms with van der Waals surface area (Å²) in [7, 11) is 1.34. The van der Waals surface area contributed by atoms with Gasteiger partial charge in [-0.2, -0.15) is 5.10 Å². The zero-order chi connectivity index (χ0) is 20.1. The second-order valence-electron chi connectivity index (χ2n) is 5.79. The molecule has 0 saturated heterocycles. The highest BCUT2D eigenvalue weighted by Crippen LogP contribution is 2.33. The first-order chi connectivity index (χ1) is 13.5. The van der Waals surface area contributed by atoms with Crippen LogP contribution in [-0.4, -0.2) is 42.5 Å². The van der Waals surface area contributed by atoms with Crippen LogP contribution in [0.1, 0.15) is 11.1 Å². The molecule has 0 atom stereocenters. The molecule has 28 heavy (non-hydrogen) atoms. The lowest BCUT2D eigenvalue weighted by Crippen LogP contribution is -2.20. The molecule has 2 N–H and O–H groups in total. The van der Waals surface area contributed by atoms with E-state index in [0.717, 1.165) is 12.3 Å². The van der Waals surface area contributed by atoms with E-state index in [2.05, 4.69) is 10.5 Å². The average molecular weight is 387 g/mol. The van der Waals surface area contributed by atoms with E-state index >= 15 is 0 Å². The smallest absolute Gasteiger partial charge is 0.315 e. The van der Waals surface area contributed by atoms with Crippen molar-refractivity contribution in [3.05, 3.63) is 51.6 Å². The highest BCUT2D eigenvalue weighted by Gasteiger charge is 2.19. The van der Waals surface area contributed by atoms with Crippen LogP contribution in [-0.2, 0) is 11.2 Å². The van der Waals surface area contributed by atoms with Crippen molar-refractivity contribution in [1.29, 1.82) is 0 Å². The van der Waals surface area contributed by atoms with Gasteiger partial charge in [-0.25, -0.2) is 5.43 Å². The molecule has 1 heterocycles. The number of hydrogen-bond donors (Lipinski definition) is 2. The summed E-state index contributed by atoms with van der Waals surface area (Å²) in [5.74, 6) is 0.395. The predicted molar refractivity (Wildman–Crippen MR) is 98.2 cm³/mol. The molecule has 0 fully saturated rings. The molecule has 1 aliphatic rings. The number of ether oxygens (including phenoxy) is 3. The fourth-order valence-corrected chi connectivity index (χ4v) is 2.57. The van der Waals surface area contributed by atoms with Crippen LogP contribution < -0.4 is 19.6 Å². The van der Waals surface area contributed by atoms with Crippen LogP contribution in [0.2, 0.25) is 0 Å². The lowest BCUT2D eigenvalue weighted by molar-refractivity contribution is -0.385. The maximum atomic E-state index is 12.1. The third kappa shape index (κ3) is 4.29. The zero-order valence-electron chi connectivity index (χ0n) is 14.9. The molecule has 146 valence electrons. The van der Waals surface area contributed by atoms with Gasteiger partial charge in [0.1, 0.15) is 19.0 Å². The number of carbonyl (C=O) groups is 1. The number of nitrogens with one attached hydrogen (secondary N) is 1. The van der Waals surface area contributed by atoms with Gasteiger partial charge >= 0.3 is 5.69 Å². The topological polar surface area (TPSA) is 133 Å². The summed E-state index contributed by atoms with van der Waals surface area (Å²) in [5.41, 5.74) is 2.52. The van der Waals surface area contributed by atoms with Crippen LogP contribution in [0.4, 0.5) is 5.69 Å². The summed E-state index contributed by atoms with van der Waals surface area (Å²) in [6, 6.07) is 7.64. The van der Waals surface area contributed by atoms with Gasteiger partial charge in [0.15, 0.2) is 11.5 Å². The number of nitro groups is 1. The van der Waals surface area contributed by atoms with Crippen molar-refractivity contribution in [1.82, 2.24) is 5.43 Å². The van der Waals surface area contributed by atoms with Gasteiger partial charge in [0.2, 0.25) is 11.7 Å². The summed E-state index contributed by atoms with van der Waals surface area (Å²) < 4.78 is 15.9. The Balaban J connectivity index is 1.67. The van der Waals surface area contributed by atoms with E-state index < -0.39 is 22.3 Å². The van der Waals surface area contributed by atoms with Crippen molar-refractivity contribution in [3.63, 3.8) is 0 Å². The SMILES string of the molecule is COc1cc(/C=N/NC(=O)Cc2ccc3c(c2)OCCO3)c(O)c([N+](=O)[O-])c1. The van der Waals surface area contributed by atoms with E-state index in [4.69, 9.17) is 14.2 Å². The predicted octanol–water partition coefficient (Wildman–Crippen LogP) is 1.77. The molecule has 2 aromatic carbocycles. The Kier molecular flexibility index (Phi) is 5.58. The number of rotatable bonds is 6. The van der Waals surface area contributed by atoms with Gasteiger partial charge < -0.3 is 19.3 Å². The number of fused-ring (bicyclic) bond motifs is 1. The minimum Gasteiger partial charge on any atom is -0.502 e. The molecule has 0 aliphatic carbocycles. The first-order valence-electron chi connectivity index (χ1n) is 8.23. The van der Waals surface area contributed by atoms with Crippen molar-refractivity contribution < 1.29 is 29.0 Å². The maximum absolute atomic E-state index is 12.1. The van der Waals surface area contributed by atoms with Gasteiger partial charge in [0.05, 0.1) is 30.7 Å². The van der Waals surface area contributed by atoms with E-state index in [9.17, 15) is 20.0 Å². The number of nitro benzene ring substituents is 1. The minimum absolute atomic E-state index is 0.0330. The quantitative estimate of drug-likeness (QED) is 0.438. The Morgan fingerprint density at radius 2 is 2.07 bits per heavy atom. The van der Waals surface area contributed by atoms with Crippen molar-refractivity contribution in [2.45, 2.75) is 6.42 Å². The molecule has 0 saturated carbocycles. The van der Waals surface area contributed by atoms with E-state index in [1.54, 1.807) is 18.2 Å². The van der Waals surface area contributed by atoms with Crippen LogP contribution in [0.25, 0.3) is 0 Å². The number of hydrogen-bond acceptors (Lipinski definition) is 8. The van der Waals surface area contributed by atoms with Gasteiger partial charge in [-0.15, -0.1) is 0 Å². The standard InChI is InChI=1S/C18H17N3O7/c1-26-13-8-12(18(23)14(9-13)21(24)25)10-19-20-17(22)7-11-2-3-15-16(6-11)28-5-4-27-15/h2-3,6,8-10,23H,4-5,7H2,1H3,(H,20,22)/b19-10+. The number of methoxy groups -OCH3 is 1. The highest BCUT2D eigenvalue weighted by molar-refractivity contribution is 5.88. The largest absolute Gasteiger partial charge is 0.502 e. The zero-order valence-corrected chi connectivity index (χ0v) is 14.9. The second kappa shape index (κ2) is 8.25. The molecular weight excluding hydrogens is 370 g/mol. The van der Waals surface area contributed by atoms with Crippen molar-refractivity contribution in [2.24, 2.45) is 5.10 Å². The number of benzene rings is 2. The molecule has 10 heteroatoms. The molecule has 1 amide bonds. The summed E-state index contributed by atoms with van der Waals surface area (Å²) in [6.45, 7) is 0.930. The van der Waals surface area contributed by atoms with Gasteiger partial charge in [0, 0.05) is 5.56 Å². The lowest BCUT2D eigenvalue weighted by Gasteiger charge is -2.18. The van der Waals surface area contributed by atoms with Crippen LogP contribution in [0.15, 0.2) is 35.4 Å². The molecule has 10 nitrogen and oxygen atoms in total. The monoisotopic (exact) mass is 387 g/mol. The van der Waals surface area contributed by atoms with E-state index in [1.807, 2.05) is 0 Å². The van der Waals surface area contributed by atoms with E-state index in [-0.39, 0.29) is 17.7 Å². The Morgan fingerprint density at radius 3 is 2.79 bits per heavy atom. The molecule has 0 spiro atoms. The number of aromatic hydroxyl groups is 1. The van der Waals surface area contributed by atoms with Crippen LogP contribution >= 0.6 is 0 Å². The van der Waals surface area contributed by atoms with Crippen molar-refractivity contribution in [3.8, 4) is 23.0 Å². The Morgan fingerprint density at radius 1 is 1.32 bits per heavy atom.